The first kappa shape index (κ1) is 20.6. The standard InChI is InChI=1S/C23H26N2O4/c1-24(14-8-13-21(27)28)20(26)16-23(15-17-9-4-3-5-10-17)18-11-6-7-12-19(18)25(2)22(23)29/h3-7,9-12H,8,13-16H2,1-2H3,(H,27,28). The number of carbonyl (C=O) groups is 3. The summed E-state index contributed by atoms with van der Waals surface area (Å²) in [6, 6.07) is 17.3. The van der Waals surface area contributed by atoms with Gasteiger partial charge in [0.15, 0.2) is 0 Å². The van der Waals surface area contributed by atoms with E-state index in [0.717, 1.165) is 16.8 Å². The maximum absolute atomic E-state index is 13.4. The third-order valence-electron chi connectivity index (χ3n) is 5.61. The summed E-state index contributed by atoms with van der Waals surface area (Å²) in [6.45, 7) is 0.345. The second kappa shape index (κ2) is 8.47. The van der Waals surface area contributed by atoms with E-state index in [2.05, 4.69) is 0 Å². The van der Waals surface area contributed by atoms with Crippen LogP contribution >= 0.6 is 0 Å². The average Bonchev–Trinajstić information content (AvgIpc) is 2.91. The predicted molar refractivity (Wildman–Crippen MR) is 111 cm³/mol. The summed E-state index contributed by atoms with van der Waals surface area (Å²) < 4.78 is 0. The molecule has 0 bridgehead atoms. The number of nitrogens with zero attached hydrogens (tertiary/aromatic N) is 2. The molecular weight excluding hydrogens is 368 g/mol. The van der Waals surface area contributed by atoms with E-state index in [1.807, 2.05) is 54.6 Å². The van der Waals surface area contributed by atoms with Crippen LogP contribution in [0.4, 0.5) is 5.69 Å². The number of hydrogen-bond donors (Lipinski definition) is 1. The van der Waals surface area contributed by atoms with Crippen LogP contribution in [0.1, 0.15) is 30.4 Å². The van der Waals surface area contributed by atoms with Crippen molar-refractivity contribution in [2.24, 2.45) is 0 Å². The molecule has 1 atom stereocenters. The summed E-state index contributed by atoms with van der Waals surface area (Å²) >= 11 is 0. The van der Waals surface area contributed by atoms with Gasteiger partial charge >= 0.3 is 5.97 Å². The van der Waals surface area contributed by atoms with Gasteiger partial charge in [0.1, 0.15) is 0 Å². The number of amides is 2. The maximum atomic E-state index is 13.4. The Bertz CT molecular complexity index is 912. The Kier molecular flexibility index (Phi) is 6.01. The number of carboxylic acids is 1. The van der Waals surface area contributed by atoms with E-state index < -0.39 is 11.4 Å². The molecule has 1 N–H and O–H groups in total. The fourth-order valence-electron chi connectivity index (χ4n) is 4.05. The molecule has 0 saturated heterocycles. The number of hydrogen-bond acceptors (Lipinski definition) is 3. The van der Waals surface area contributed by atoms with Gasteiger partial charge in [-0.15, -0.1) is 0 Å². The highest BCUT2D eigenvalue weighted by Crippen LogP contribution is 2.45. The summed E-state index contributed by atoms with van der Waals surface area (Å²) in [5.74, 6) is -1.13. The first-order chi connectivity index (χ1) is 13.8. The minimum atomic E-state index is -0.967. The molecule has 1 aliphatic heterocycles. The van der Waals surface area contributed by atoms with Gasteiger partial charge in [-0.3, -0.25) is 14.4 Å². The fraction of sp³-hybridized carbons (Fsp3) is 0.348. The normalized spacial score (nSPS) is 17.9. The predicted octanol–water partition coefficient (Wildman–Crippen LogP) is 2.86. The lowest BCUT2D eigenvalue weighted by molar-refractivity contribution is -0.138. The van der Waals surface area contributed by atoms with Gasteiger partial charge < -0.3 is 14.9 Å². The molecular formula is C23H26N2O4. The summed E-state index contributed by atoms with van der Waals surface area (Å²) in [5, 5.41) is 8.82. The van der Waals surface area contributed by atoms with Gasteiger partial charge in [0, 0.05) is 39.2 Å². The molecule has 1 aliphatic rings. The second-order valence-electron chi connectivity index (χ2n) is 7.62. The quantitative estimate of drug-likeness (QED) is 0.747. The van der Waals surface area contributed by atoms with Crippen LogP contribution in [-0.4, -0.2) is 48.4 Å². The van der Waals surface area contributed by atoms with Crippen molar-refractivity contribution in [3.8, 4) is 0 Å². The topological polar surface area (TPSA) is 77.9 Å². The lowest BCUT2D eigenvalue weighted by atomic mass is 9.73. The lowest BCUT2D eigenvalue weighted by Crippen LogP contribution is -2.45. The zero-order valence-corrected chi connectivity index (χ0v) is 16.8. The van der Waals surface area contributed by atoms with Gasteiger partial charge in [0.05, 0.1) is 5.41 Å². The molecule has 0 aliphatic carbocycles. The number of aliphatic carboxylic acids is 1. The zero-order chi connectivity index (χ0) is 21.0. The Morgan fingerprint density at radius 1 is 1.07 bits per heavy atom. The van der Waals surface area contributed by atoms with Gasteiger partial charge in [-0.25, -0.2) is 0 Å². The molecule has 2 amide bonds. The molecule has 1 heterocycles. The second-order valence-corrected chi connectivity index (χ2v) is 7.62. The van der Waals surface area contributed by atoms with Gasteiger partial charge in [-0.2, -0.15) is 0 Å². The number of likely N-dealkylation sites (N-methyl/N-ethyl adjacent to an activating group) is 1. The number of para-hydroxylation sites is 1. The lowest BCUT2D eigenvalue weighted by Gasteiger charge is -2.30. The van der Waals surface area contributed by atoms with E-state index in [1.165, 1.54) is 4.90 Å². The Morgan fingerprint density at radius 3 is 2.41 bits per heavy atom. The molecule has 0 spiro atoms. The summed E-state index contributed by atoms with van der Waals surface area (Å²) in [4.78, 5) is 40.4. The highest BCUT2D eigenvalue weighted by Gasteiger charge is 2.51. The number of anilines is 1. The average molecular weight is 394 g/mol. The van der Waals surface area contributed by atoms with E-state index in [4.69, 9.17) is 5.11 Å². The van der Waals surface area contributed by atoms with E-state index in [9.17, 15) is 14.4 Å². The highest BCUT2D eigenvalue weighted by molar-refractivity contribution is 6.09. The van der Waals surface area contributed by atoms with Crippen LogP contribution in [0.15, 0.2) is 54.6 Å². The molecule has 0 fully saturated rings. The molecule has 1 unspecified atom stereocenters. The summed E-state index contributed by atoms with van der Waals surface area (Å²) in [6.07, 6.45) is 0.874. The highest BCUT2D eigenvalue weighted by atomic mass is 16.4. The summed E-state index contributed by atoms with van der Waals surface area (Å²) in [7, 11) is 3.41. The molecule has 6 nitrogen and oxygen atoms in total. The molecule has 2 aromatic rings. The van der Waals surface area contributed by atoms with Crippen molar-refractivity contribution in [1.29, 1.82) is 0 Å². The van der Waals surface area contributed by atoms with Crippen LogP contribution in [0, 0.1) is 0 Å². The van der Waals surface area contributed by atoms with E-state index in [0.29, 0.717) is 19.4 Å². The van der Waals surface area contributed by atoms with E-state index >= 15 is 0 Å². The molecule has 29 heavy (non-hydrogen) atoms. The van der Waals surface area contributed by atoms with Crippen molar-refractivity contribution in [2.75, 3.05) is 25.5 Å². The van der Waals surface area contributed by atoms with E-state index in [-0.39, 0.29) is 24.7 Å². The largest absolute Gasteiger partial charge is 0.481 e. The zero-order valence-electron chi connectivity index (χ0n) is 16.8. The first-order valence-corrected chi connectivity index (χ1v) is 9.72. The Balaban J connectivity index is 1.92. The molecule has 152 valence electrons. The van der Waals surface area contributed by atoms with Gasteiger partial charge in [-0.1, -0.05) is 48.5 Å². The summed E-state index contributed by atoms with van der Waals surface area (Å²) in [5.41, 5.74) is 1.72. The Morgan fingerprint density at radius 2 is 1.72 bits per heavy atom. The molecule has 2 aromatic carbocycles. The number of carboxylic acid groups (broad SMARTS) is 1. The van der Waals surface area contributed by atoms with Crippen molar-refractivity contribution in [1.82, 2.24) is 4.90 Å². The van der Waals surface area contributed by atoms with Gasteiger partial charge in [0.2, 0.25) is 11.8 Å². The number of carbonyl (C=O) groups excluding carboxylic acids is 2. The molecule has 0 radical (unpaired) electrons. The van der Waals surface area contributed by atoms with Crippen LogP contribution < -0.4 is 4.90 Å². The van der Waals surface area contributed by atoms with Crippen LogP contribution in [-0.2, 0) is 26.2 Å². The minimum absolute atomic E-state index is 0.0112. The van der Waals surface area contributed by atoms with Crippen molar-refractivity contribution >= 4 is 23.5 Å². The monoisotopic (exact) mass is 394 g/mol. The SMILES string of the molecule is CN(CCCC(=O)O)C(=O)CC1(Cc2ccccc2)C(=O)N(C)c2ccccc21. The maximum Gasteiger partial charge on any atom is 0.303 e. The third kappa shape index (κ3) is 4.16. The van der Waals surface area contributed by atoms with Crippen LogP contribution in [0.25, 0.3) is 0 Å². The van der Waals surface area contributed by atoms with Crippen LogP contribution in [0.5, 0.6) is 0 Å². The van der Waals surface area contributed by atoms with Crippen molar-refractivity contribution in [3.63, 3.8) is 0 Å². The molecule has 3 rings (SSSR count). The van der Waals surface area contributed by atoms with Crippen molar-refractivity contribution < 1.29 is 19.5 Å². The Hall–Kier alpha value is -3.15. The molecule has 0 saturated carbocycles. The van der Waals surface area contributed by atoms with Gasteiger partial charge in [0.25, 0.3) is 0 Å². The number of benzene rings is 2. The smallest absolute Gasteiger partial charge is 0.303 e. The third-order valence-corrected chi connectivity index (χ3v) is 5.61. The van der Waals surface area contributed by atoms with Crippen LogP contribution in [0.3, 0.4) is 0 Å². The van der Waals surface area contributed by atoms with Crippen molar-refractivity contribution in [2.45, 2.75) is 31.1 Å². The first-order valence-electron chi connectivity index (χ1n) is 9.72. The van der Waals surface area contributed by atoms with Crippen molar-refractivity contribution in [3.05, 3.63) is 65.7 Å². The van der Waals surface area contributed by atoms with E-state index in [1.54, 1.807) is 19.0 Å². The van der Waals surface area contributed by atoms with Crippen LogP contribution in [0.2, 0.25) is 0 Å². The minimum Gasteiger partial charge on any atom is -0.481 e. The fourth-order valence-corrected chi connectivity index (χ4v) is 4.05. The number of fused-ring (bicyclic) bond motifs is 1. The molecule has 0 aromatic heterocycles. The van der Waals surface area contributed by atoms with Gasteiger partial charge in [-0.05, 0) is 30.0 Å². The number of rotatable bonds is 8. The Labute approximate surface area is 170 Å². The molecule has 6 heteroatoms.